The van der Waals surface area contributed by atoms with E-state index in [1.54, 1.807) is 83.3 Å². The Morgan fingerprint density at radius 1 is 0.676 bits per heavy atom. The number of ether oxygens (including phenoxy) is 4. The number of aliphatic hydroxyl groups excluding tert-OH is 2. The maximum absolute atomic E-state index is 9.37. The molecule has 4 aromatic rings. The van der Waals surface area contributed by atoms with Crippen molar-refractivity contribution in [1.29, 1.82) is 0 Å². The number of hydrogen-bond donors (Lipinski definition) is 2. The molecule has 0 aliphatic heterocycles. The molecule has 0 saturated carbocycles. The number of pyridine rings is 2. The van der Waals surface area contributed by atoms with Crippen LogP contribution in [0.1, 0.15) is 11.1 Å². The smallest absolute Gasteiger partial charge is 0.540 e. The molecule has 37 heavy (non-hydrogen) atoms. The van der Waals surface area contributed by atoms with Crippen molar-refractivity contribution >= 4 is 0 Å². The van der Waals surface area contributed by atoms with Crippen molar-refractivity contribution in [2.75, 3.05) is 28.4 Å². The molecule has 0 radical (unpaired) electrons. The number of aromatic nitrogens is 2. The molecule has 0 aliphatic carbocycles. The van der Waals surface area contributed by atoms with E-state index in [1.807, 2.05) is 6.07 Å². The van der Waals surface area contributed by atoms with E-state index in [0.29, 0.717) is 34.1 Å². The van der Waals surface area contributed by atoms with Gasteiger partial charge in [0.2, 0.25) is 0 Å². The van der Waals surface area contributed by atoms with Crippen LogP contribution >= 0.6 is 0 Å². The Bertz CT molecular complexity index is 1190. The van der Waals surface area contributed by atoms with Gasteiger partial charge in [-0.25, -0.2) is 0 Å². The van der Waals surface area contributed by atoms with Gasteiger partial charge in [-0.05, 0) is 35.2 Å². The predicted molar refractivity (Wildman–Crippen MR) is 135 cm³/mol. The third kappa shape index (κ3) is 7.76. The number of nitrogens with zero attached hydrogens (tertiary/aromatic N) is 2. The zero-order chi connectivity index (χ0) is 25.9. The maximum atomic E-state index is 9.37. The van der Waals surface area contributed by atoms with Crippen LogP contribution in [0.25, 0.3) is 22.5 Å². The van der Waals surface area contributed by atoms with E-state index >= 15 is 0 Å². The van der Waals surface area contributed by atoms with Crippen LogP contribution in [-0.2, 0) is 34.3 Å². The molecule has 4 rings (SSSR count). The van der Waals surface area contributed by atoms with E-state index in [1.165, 1.54) is 0 Å². The van der Waals surface area contributed by atoms with Gasteiger partial charge in [0.25, 0.3) is 0 Å². The largest absolute Gasteiger partial charge is 2.00 e. The summed E-state index contributed by atoms with van der Waals surface area (Å²) in [7, 11) is 6.39. The summed E-state index contributed by atoms with van der Waals surface area (Å²) in [5, 5.41) is 18.5. The van der Waals surface area contributed by atoms with Gasteiger partial charge in [0.05, 0.1) is 35.0 Å². The fraction of sp³-hybridized carbons (Fsp3) is 0.214. The molecule has 196 valence electrons. The summed E-state index contributed by atoms with van der Waals surface area (Å²) in [6.45, 7) is -0.159. The minimum Gasteiger partial charge on any atom is -0.540 e. The molecule has 0 atom stereocenters. The van der Waals surface area contributed by atoms with Crippen LogP contribution < -0.4 is 18.9 Å². The van der Waals surface area contributed by atoms with E-state index in [9.17, 15) is 5.11 Å². The Morgan fingerprint density at radius 2 is 1.27 bits per heavy atom. The zero-order valence-electron chi connectivity index (χ0n) is 20.9. The molecular weight excluding hydrogens is 655 g/mol. The third-order valence-corrected chi connectivity index (χ3v) is 5.22. The van der Waals surface area contributed by atoms with Crippen LogP contribution in [0.15, 0.2) is 60.9 Å². The minimum absolute atomic E-state index is 0. The standard InChI is InChI=1S/2C14H14NO3.Pt/c1-16-10-4-5-12(14(9-10)18-3)13-8-11(17-2)6-7-15-13;1-18-12-2-3-13(11(7-12)9-17)14-6-10(8-16)4-5-15-14;/h4,6-9H,1-3H3;2,4-7,16-17H,8-9H2,1H3;/q2*-1;+2. The van der Waals surface area contributed by atoms with Crippen molar-refractivity contribution in [2.24, 2.45) is 0 Å². The van der Waals surface area contributed by atoms with Gasteiger partial charge < -0.3 is 39.1 Å². The van der Waals surface area contributed by atoms with E-state index in [0.717, 1.165) is 22.6 Å². The van der Waals surface area contributed by atoms with Gasteiger partial charge in [-0.3, -0.25) is 0 Å². The van der Waals surface area contributed by atoms with E-state index < -0.39 is 0 Å². The first-order valence-electron chi connectivity index (χ1n) is 11.0. The molecule has 0 fully saturated rings. The number of hydrogen-bond acceptors (Lipinski definition) is 8. The zero-order valence-corrected chi connectivity index (χ0v) is 23.2. The number of benzene rings is 2. The Morgan fingerprint density at radius 3 is 1.86 bits per heavy atom. The van der Waals surface area contributed by atoms with Gasteiger partial charge in [-0.2, -0.15) is 0 Å². The quantitative estimate of drug-likeness (QED) is 0.268. The molecule has 0 unspecified atom stereocenters. The minimum atomic E-state index is -0.117. The first-order chi connectivity index (χ1) is 17.6. The molecule has 2 aromatic heterocycles. The normalized spacial score (nSPS) is 9.89. The first kappa shape index (κ1) is 29.8. The fourth-order valence-electron chi connectivity index (χ4n) is 3.32. The average molecular weight is 684 g/mol. The molecule has 2 N–H and O–H groups in total. The average Bonchev–Trinajstić information content (AvgIpc) is 2.96. The SMILES string of the molecule is COc1c[c-]c(-c2cc(CO)ccn2)c(CO)c1.COc1ccnc(-c2[c-]cc(OC)cc2OC)c1.[Pt+2]. The van der Waals surface area contributed by atoms with Crippen LogP contribution in [0.3, 0.4) is 0 Å². The van der Waals surface area contributed by atoms with Gasteiger partial charge in [0.15, 0.2) is 0 Å². The van der Waals surface area contributed by atoms with Crippen molar-refractivity contribution in [3.05, 3.63) is 84.2 Å². The Hall–Kier alpha value is -3.45. The summed E-state index contributed by atoms with van der Waals surface area (Å²) < 4.78 is 20.7. The van der Waals surface area contributed by atoms with Crippen LogP contribution in [-0.4, -0.2) is 48.6 Å². The van der Waals surface area contributed by atoms with Gasteiger partial charge in [-0.1, -0.05) is 29.3 Å². The van der Waals surface area contributed by atoms with Crippen LogP contribution in [0.5, 0.6) is 23.0 Å². The third-order valence-electron chi connectivity index (χ3n) is 5.22. The van der Waals surface area contributed by atoms with Crippen molar-refractivity contribution in [3.63, 3.8) is 0 Å². The molecule has 0 amide bonds. The molecule has 2 heterocycles. The second-order valence-electron chi connectivity index (χ2n) is 7.37. The maximum Gasteiger partial charge on any atom is 2.00 e. The summed E-state index contributed by atoms with van der Waals surface area (Å²) in [5.74, 6) is 2.74. The Labute approximate surface area is 231 Å². The van der Waals surface area contributed by atoms with Crippen molar-refractivity contribution in [3.8, 4) is 45.5 Å². The Balaban J connectivity index is 0.000000253. The van der Waals surface area contributed by atoms with Gasteiger partial charge in [0.1, 0.15) is 5.75 Å². The van der Waals surface area contributed by atoms with Gasteiger partial charge in [-0.15, -0.1) is 29.8 Å². The molecule has 8 nitrogen and oxygen atoms in total. The Kier molecular flexibility index (Phi) is 12.0. The molecule has 2 aromatic carbocycles. The summed E-state index contributed by atoms with van der Waals surface area (Å²) in [6, 6.07) is 20.3. The summed E-state index contributed by atoms with van der Waals surface area (Å²) in [5.41, 5.74) is 4.37. The van der Waals surface area contributed by atoms with Crippen molar-refractivity contribution < 1.29 is 50.2 Å². The topological polar surface area (TPSA) is 103 Å². The number of aliphatic hydroxyl groups is 2. The molecule has 9 heteroatoms. The van der Waals surface area contributed by atoms with Gasteiger partial charge in [0, 0.05) is 36.2 Å². The number of rotatable bonds is 8. The monoisotopic (exact) mass is 683 g/mol. The second kappa shape index (κ2) is 15.0. The molecule has 0 bridgehead atoms. The van der Waals surface area contributed by atoms with Crippen LogP contribution in [0.4, 0.5) is 0 Å². The molecule has 0 saturated heterocycles. The van der Waals surface area contributed by atoms with E-state index in [4.69, 9.17) is 24.1 Å². The first-order valence-corrected chi connectivity index (χ1v) is 11.0. The van der Waals surface area contributed by atoms with E-state index in [2.05, 4.69) is 22.1 Å². The van der Waals surface area contributed by atoms with Crippen molar-refractivity contribution in [1.82, 2.24) is 9.97 Å². The van der Waals surface area contributed by atoms with Gasteiger partial charge >= 0.3 is 21.1 Å². The second-order valence-corrected chi connectivity index (χ2v) is 7.37. The molecule has 0 aliphatic rings. The predicted octanol–water partition coefficient (Wildman–Crippen LogP) is 4.11. The summed E-state index contributed by atoms with van der Waals surface area (Å²) >= 11 is 0. The molecular formula is C28H28N2O6Pt. The number of methoxy groups -OCH3 is 4. The molecule has 0 spiro atoms. The van der Waals surface area contributed by atoms with Crippen molar-refractivity contribution in [2.45, 2.75) is 13.2 Å². The summed E-state index contributed by atoms with van der Waals surface area (Å²) in [4.78, 5) is 8.52. The van der Waals surface area contributed by atoms with Crippen LogP contribution in [0, 0.1) is 12.1 Å². The van der Waals surface area contributed by atoms with E-state index in [-0.39, 0.29) is 34.3 Å². The fourth-order valence-corrected chi connectivity index (χ4v) is 3.32. The summed E-state index contributed by atoms with van der Waals surface area (Å²) in [6.07, 6.45) is 3.31. The van der Waals surface area contributed by atoms with Crippen LogP contribution in [0.2, 0.25) is 0 Å².